The molecular formula is C8H14N2O4S. The molecule has 0 aliphatic carbocycles. The highest BCUT2D eigenvalue weighted by molar-refractivity contribution is 8.14. The number of aliphatic hydroxyl groups is 3. The number of nitrogens with zero attached hydrogens (tertiary/aromatic N) is 1. The van der Waals surface area contributed by atoms with Gasteiger partial charge in [0.25, 0.3) is 0 Å². The molecule has 86 valence electrons. The van der Waals surface area contributed by atoms with Crippen LogP contribution in [-0.2, 0) is 4.74 Å². The third-order valence-electron chi connectivity index (χ3n) is 2.63. The lowest BCUT2D eigenvalue weighted by Gasteiger charge is -2.24. The van der Waals surface area contributed by atoms with Gasteiger partial charge in [-0.05, 0) is 0 Å². The van der Waals surface area contributed by atoms with E-state index in [4.69, 9.17) is 15.3 Å². The zero-order valence-corrected chi connectivity index (χ0v) is 8.85. The summed E-state index contributed by atoms with van der Waals surface area (Å²) in [6.45, 7) is 0.115. The molecule has 0 aromatic rings. The summed E-state index contributed by atoms with van der Waals surface area (Å²) in [5.74, 6) is 0.575. The van der Waals surface area contributed by atoms with Crippen LogP contribution in [0.5, 0.6) is 0 Å². The van der Waals surface area contributed by atoms with E-state index in [-0.39, 0.29) is 6.61 Å². The van der Waals surface area contributed by atoms with Crippen molar-refractivity contribution in [3.8, 4) is 0 Å². The summed E-state index contributed by atoms with van der Waals surface area (Å²) < 4.78 is 5.33. The second kappa shape index (κ2) is 4.36. The van der Waals surface area contributed by atoms with Crippen LogP contribution < -0.4 is 0 Å². The average molecular weight is 234 g/mol. The fraction of sp³-hybridized carbons (Fsp3) is 0.875. The average Bonchev–Trinajstić information content (AvgIpc) is 2.74. The van der Waals surface area contributed by atoms with Crippen molar-refractivity contribution in [1.82, 2.24) is 4.90 Å². The van der Waals surface area contributed by atoms with Crippen LogP contribution in [0, 0.1) is 5.41 Å². The lowest BCUT2D eigenvalue weighted by atomic mass is 10.1. The number of hydrogen-bond donors (Lipinski definition) is 4. The van der Waals surface area contributed by atoms with Crippen LogP contribution in [0.25, 0.3) is 0 Å². The molecule has 2 aliphatic heterocycles. The Bertz CT molecular complexity index is 265. The van der Waals surface area contributed by atoms with Crippen LogP contribution >= 0.6 is 11.8 Å². The zero-order valence-electron chi connectivity index (χ0n) is 8.04. The van der Waals surface area contributed by atoms with Gasteiger partial charge in [-0.2, -0.15) is 0 Å². The molecule has 4 atom stereocenters. The number of aliphatic hydroxyl groups excluding tert-OH is 3. The van der Waals surface area contributed by atoms with E-state index < -0.39 is 24.5 Å². The van der Waals surface area contributed by atoms with Crippen LogP contribution in [0.4, 0.5) is 0 Å². The van der Waals surface area contributed by atoms with E-state index in [0.717, 1.165) is 0 Å². The number of ether oxygens (including phenoxy) is 1. The molecule has 0 bridgehead atoms. The van der Waals surface area contributed by atoms with Gasteiger partial charge in [0.1, 0.15) is 24.5 Å². The summed E-state index contributed by atoms with van der Waals surface area (Å²) in [6.07, 6.45) is -3.43. The molecule has 2 aliphatic rings. The first-order valence-corrected chi connectivity index (χ1v) is 5.68. The van der Waals surface area contributed by atoms with E-state index in [1.165, 1.54) is 11.8 Å². The predicted octanol–water partition coefficient (Wildman–Crippen LogP) is -1.59. The second-order valence-electron chi connectivity index (χ2n) is 3.67. The summed E-state index contributed by atoms with van der Waals surface area (Å²) in [6, 6.07) is 0. The number of thioether (sulfide) groups is 1. The number of hydrogen-bond acceptors (Lipinski definition) is 7. The molecule has 2 rings (SSSR count). The normalized spacial score (nSPS) is 42.7. The first-order chi connectivity index (χ1) is 7.13. The standard InChI is InChI=1S/C8H14N2O4S/c9-5-1-10(3-15-5)8-7(13)6(12)4(2-11)14-8/h4,6-9,11-13H,1-3H2/t4-,6-,7-,8-/m0/s1. The minimum atomic E-state index is -1.06. The van der Waals surface area contributed by atoms with Crippen LogP contribution in [0.2, 0.25) is 0 Å². The SMILES string of the molecule is N=C1CN([C@H]2O[C@@H](CO)[C@H](O)[C@@H]2O)CS1. The Balaban J connectivity index is 2.01. The molecule has 0 unspecified atom stereocenters. The van der Waals surface area contributed by atoms with Gasteiger partial charge >= 0.3 is 0 Å². The molecule has 2 saturated heterocycles. The van der Waals surface area contributed by atoms with Crippen molar-refractivity contribution in [3.63, 3.8) is 0 Å². The Morgan fingerprint density at radius 2 is 2.20 bits per heavy atom. The molecule has 0 radical (unpaired) electrons. The van der Waals surface area contributed by atoms with Crippen molar-refractivity contribution >= 4 is 16.8 Å². The van der Waals surface area contributed by atoms with Gasteiger partial charge in [0, 0.05) is 6.54 Å². The Morgan fingerprint density at radius 3 is 2.67 bits per heavy atom. The third-order valence-corrected chi connectivity index (χ3v) is 3.57. The van der Waals surface area contributed by atoms with Gasteiger partial charge < -0.3 is 20.1 Å². The van der Waals surface area contributed by atoms with E-state index >= 15 is 0 Å². The maximum atomic E-state index is 9.70. The maximum absolute atomic E-state index is 9.70. The first kappa shape index (κ1) is 11.3. The molecular weight excluding hydrogens is 220 g/mol. The summed E-state index contributed by atoms with van der Waals surface area (Å²) in [5.41, 5.74) is 0. The fourth-order valence-electron chi connectivity index (χ4n) is 1.78. The van der Waals surface area contributed by atoms with Gasteiger partial charge in [0.2, 0.25) is 0 Å². The van der Waals surface area contributed by atoms with Gasteiger partial charge in [0.05, 0.1) is 17.5 Å². The van der Waals surface area contributed by atoms with Crippen molar-refractivity contribution in [2.24, 2.45) is 0 Å². The quantitative estimate of drug-likeness (QED) is 0.460. The highest BCUT2D eigenvalue weighted by Gasteiger charge is 2.46. The van der Waals surface area contributed by atoms with Crippen molar-refractivity contribution < 1.29 is 20.1 Å². The zero-order chi connectivity index (χ0) is 11.0. The highest BCUT2D eigenvalue weighted by Crippen LogP contribution is 2.28. The van der Waals surface area contributed by atoms with E-state index in [0.29, 0.717) is 17.5 Å². The van der Waals surface area contributed by atoms with Crippen molar-refractivity contribution in [2.75, 3.05) is 19.0 Å². The van der Waals surface area contributed by atoms with Crippen molar-refractivity contribution in [1.29, 1.82) is 5.41 Å². The molecule has 2 heterocycles. The van der Waals surface area contributed by atoms with E-state index in [9.17, 15) is 10.2 Å². The van der Waals surface area contributed by atoms with E-state index in [2.05, 4.69) is 0 Å². The molecule has 0 spiro atoms. The summed E-state index contributed by atoms with van der Waals surface area (Å²) in [4.78, 5) is 1.77. The van der Waals surface area contributed by atoms with E-state index in [1.54, 1.807) is 4.90 Å². The maximum Gasteiger partial charge on any atom is 0.141 e. The molecule has 0 saturated carbocycles. The largest absolute Gasteiger partial charge is 0.394 e. The van der Waals surface area contributed by atoms with Gasteiger partial charge in [0.15, 0.2) is 0 Å². The third kappa shape index (κ3) is 2.03. The minimum absolute atomic E-state index is 0.312. The summed E-state index contributed by atoms with van der Waals surface area (Å²) in [5, 5.41) is 36.1. The monoisotopic (exact) mass is 234 g/mol. The molecule has 0 aromatic carbocycles. The topological polar surface area (TPSA) is 97.0 Å². The predicted molar refractivity (Wildman–Crippen MR) is 54.7 cm³/mol. The Kier molecular flexibility index (Phi) is 3.29. The minimum Gasteiger partial charge on any atom is -0.394 e. The lowest BCUT2D eigenvalue weighted by Crippen LogP contribution is -2.42. The number of nitrogens with one attached hydrogen (secondary N) is 1. The fourth-order valence-corrected chi connectivity index (χ4v) is 2.60. The molecule has 0 amide bonds. The van der Waals surface area contributed by atoms with Crippen LogP contribution in [0.15, 0.2) is 0 Å². The summed E-state index contributed by atoms with van der Waals surface area (Å²) in [7, 11) is 0. The van der Waals surface area contributed by atoms with Gasteiger partial charge in [-0.3, -0.25) is 10.3 Å². The van der Waals surface area contributed by atoms with Gasteiger partial charge in [-0.1, -0.05) is 11.8 Å². The van der Waals surface area contributed by atoms with Crippen LogP contribution in [0.1, 0.15) is 0 Å². The number of rotatable bonds is 2. The molecule has 2 fully saturated rings. The van der Waals surface area contributed by atoms with Crippen LogP contribution in [-0.4, -0.2) is 68.8 Å². The second-order valence-corrected chi connectivity index (χ2v) is 4.71. The Morgan fingerprint density at radius 1 is 1.47 bits per heavy atom. The van der Waals surface area contributed by atoms with Crippen molar-refractivity contribution in [3.05, 3.63) is 0 Å². The Labute approximate surface area is 91.3 Å². The van der Waals surface area contributed by atoms with Gasteiger partial charge in [-0.15, -0.1) is 0 Å². The van der Waals surface area contributed by atoms with Crippen molar-refractivity contribution in [2.45, 2.75) is 24.5 Å². The molecule has 15 heavy (non-hydrogen) atoms. The molecule has 6 nitrogen and oxygen atoms in total. The lowest BCUT2D eigenvalue weighted by molar-refractivity contribution is -0.0838. The van der Waals surface area contributed by atoms with Crippen LogP contribution in [0.3, 0.4) is 0 Å². The first-order valence-electron chi connectivity index (χ1n) is 4.70. The molecule has 7 heteroatoms. The summed E-state index contributed by atoms with van der Waals surface area (Å²) >= 11 is 1.38. The Hall–Kier alpha value is -0.180. The highest BCUT2D eigenvalue weighted by atomic mass is 32.2. The molecule has 4 N–H and O–H groups in total. The van der Waals surface area contributed by atoms with Gasteiger partial charge in [-0.25, -0.2) is 0 Å². The smallest absolute Gasteiger partial charge is 0.141 e. The van der Waals surface area contributed by atoms with E-state index in [1.807, 2.05) is 0 Å². The molecule has 0 aromatic heterocycles.